The number of hydrogen-bond acceptors (Lipinski definition) is 3. The summed E-state index contributed by atoms with van der Waals surface area (Å²) in [5.74, 6) is 0.534. The van der Waals surface area contributed by atoms with Gasteiger partial charge in [-0.3, -0.25) is 4.79 Å². The first-order valence-electron chi connectivity index (χ1n) is 7.13. The summed E-state index contributed by atoms with van der Waals surface area (Å²) in [7, 11) is 0. The number of rotatable bonds is 4. The highest BCUT2D eigenvalue weighted by Crippen LogP contribution is 2.30. The van der Waals surface area contributed by atoms with E-state index in [1.54, 1.807) is 18.2 Å². The second kappa shape index (κ2) is 7.53. The fourth-order valence-corrected chi connectivity index (χ4v) is 2.85. The van der Waals surface area contributed by atoms with Gasteiger partial charge in [-0.15, -0.1) is 0 Å². The van der Waals surface area contributed by atoms with E-state index < -0.39 is 0 Å². The van der Waals surface area contributed by atoms with Crippen molar-refractivity contribution in [2.45, 2.75) is 44.6 Å². The molecule has 4 nitrogen and oxygen atoms in total. The maximum absolute atomic E-state index is 11.9. The van der Waals surface area contributed by atoms with E-state index in [1.807, 2.05) is 0 Å². The highest BCUT2D eigenvalue weighted by Gasteiger charge is 2.15. The average molecular weight is 341 g/mol. The van der Waals surface area contributed by atoms with E-state index in [2.05, 4.69) is 21.2 Å². The number of carbonyl (C=O) groups is 1. The number of carbonyl (C=O) groups excluding carboxylic acids is 1. The van der Waals surface area contributed by atoms with Gasteiger partial charge in [-0.25, -0.2) is 0 Å². The minimum atomic E-state index is -0.0637. The number of nitrogens with two attached hydrogens (primary N) is 1. The molecule has 1 aliphatic rings. The number of anilines is 1. The van der Waals surface area contributed by atoms with Crippen LogP contribution in [0.1, 0.15) is 38.5 Å². The smallest absolute Gasteiger partial charge is 0.258 e. The Morgan fingerprint density at radius 2 is 2.00 bits per heavy atom. The summed E-state index contributed by atoms with van der Waals surface area (Å²) in [5.41, 5.74) is 6.37. The average Bonchev–Trinajstić information content (AvgIpc) is 2.69. The van der Waals surface area contributed by atoms with Crippen molar-refractivity contribution in [3.05, 3.63) is 22.7 Å². The number of halogens is 1. The number of nitrogens with one attached hydrogen (secondary N) is 1. The van der Waals surface area contributed by atoms with Crippen LogP contribution in [0.4, 0.5) is 5.69 Å². The molecule has 2 rings (SSSR count). The van der Waals surface area contributed by atoms with E-state index >= 15 is 0 Å². The Morgan fingerprint density at radius 3 is 2.70 bits per heavy atom. The van der Waals surface area contributed by atoms with Crippen molar-refractivity contribution in [3.8, 4) is 5.75 Å². The minimum absolute atomic E-state index is 0.0263. The van der Waals surface area contributed by atoms with Gasteiger partial charge >= 0.3 is 0 Å². The molecule has 0 unspecified atom stereocenters. The molecule has 20 heavy (non-hydrogen) atoms. The van der Waals surface area contributed by atoms with Gasteiger partial charge in [0, 0.05) is 11.7 Å². The lowest BCUT2D eigenvalue weighted by Gasteiger charge is -2.16. The number of nitrogen functional groups attached to an aromatic ring is 1. The Bertz CT molecular complexity index is 457. The van der Waals surface area contributed by atoms with Gasteiger partial charge in [0.05, 0.1) is 4.47 Å². The van der Waals surface area contributed by atoms with E-state index in [4.69, 9.17) is 10.5 Å². The van der Waals surface area contributed by atoms with Crippen LogP contribution >= 0.6 is 15.9 Å². The SMILES string of the molecule is Nc1cccc(OCC(=O)NC2CCCCCC2)c1Br. The molecule has 1 aliphatic carbocycles. The lowest BCUT2D eigenvalue weighted by atomic mass is 10.1. The first kappa shape index (κ1) is 15.2. The largest absolute Gasteiger partial charge is 0.483 e. The van der Waals surface area contributed by atoms with Gasteiger partial charge < -0.3 is 15.8 Å². The maximum Gasteiger partial charge on any atom is 0.258 e. The predicted molar refractivity (Wildman–Crippen MR) is 83.7 cm³/mol. The molecule has 0 heterocycles. The summed E-state index contributed by atoms with van der Waals surface area (Å²) in [4.78, 5) is 11.9. The molecule has 0 aromatic heterocycles. The zero-order valence-electron chi connectivity index (χ0n) is 11.5. The third kappa shape index (κ3) is 4.40. The normalized spacial score (nSPS) is 16.4. The van der Waals surface area contributed by atoms with Crippen LogP contribution in [0.15, 0.2) is 22.7 Å². The van der Waals surface area contributed by atoms with Crippen LogP contribution in [0, 0.1) is 0 Å². The van der Waals surface area contributed by atoms with Gasteiger partial charge in [-0.1, -0.05) is 31.7 Å². The fraction of sp³-hybridized carbons (Fsp3) is 0.533. The molecule has 1 aromatic carbocycles. The van der Waals surface area contributed by atoms with Crippen LogP contribution in [-0.4, -0.2) is 18.6 Å². The summed E-state index contributed by atoms with van der Waals surface area (Å²) >= 11 is 3.36. The van der Waals surface area contributed by atoms with E-state index in [9.17, 15) is 4.79 Å². The lowest BCUT2D eigenvalue weighted by molar-refractivity contribution is -0.123. The van der Waals surface area contributed by atoms with E-state index in [1.165, 1.54) is 25.7 Å². The van der Waals surface area contributed by atoms with Gasteiger partial charge in [-0.05, 0) is 40.9 Å². The minimum Gasteiger partial charge on any atom is -0.483 e. The monoisotopic (exact) mass is 340 g/mol. The van der Waals surface area contributed by atoms with Gasteiger partial charge in [0.2, 0.25) is 0 Å². The molecule has 0 radical (unpaired) electrons. The molecule has 3 N–H and O–H groups in total. The molecule has 1 saturated carbocycles. The van der Waals surface area contributed by atoms with Gasteiger partial charge in [0.25, 0.3) is 5.91 Å². The highest BCUT2D eigenvalue weighted by atomic mass is 79.9. The van der Waals surface area contributed by atoms with E-state index in [-0.39, 0.29) is 12.5 Å². The Labute approximate surface area is 128 Å². The first-order valence-corrected chi connectivity index (χ1v) is 7.92. The Hall–Kier alpha value is -1.23. The van der Waals surface area contributed by atoms with Crippen LogP contribution in [0.25, 0.3) is 0 Å². The Morgan fingerprint density at radius 1 is 1.30 bits per heavy atom. The van der Waals surface area contributed by atoms with Gasteiger partial charge in [0.1, 0.15) is 5.75 Å². The summed E-state index contributed by atoms with van der Waals surface area (Å²) in [6, 6.07) is 5.68. The second-order valence-electron chi connectivity index (χ2n) is 5.20. The molecular formula is C15H21BrN2O2. The van der Waals surface area contributed by atoms with Gasteiger partial charge in [0.15, 0.2) is 6.61 Å². The zero-order chi connectivity index (χ0) is 14.4. The fourth-order valence-electron chi connectivity index (χ4n) is 2.48. The lowest BCUT2D eigenvalue weighted by Crippen LogP contribution is -2.37. The van der Waals surface area contributed by atoms with Gasteiger partial charge in [-0.2, -0.15) is 0 Å². The number of hydrogen-bond donors (Lipinski definition) is 2. The van der Waals surface area contributed by atoms with Crippen molar-refractivity contribution in [2.24, 2.45) is 0 Å². The second-order valence-corrected chi connectivity index (χ2v) is 6.00. The predicted octanol–water partition coefficient (Wildman–Crippen LogP) is 3.25. The van der Waals surface area contributed by atoms with E-state index in [0.717, 1.165) is 12.8 Å². The Kier molecular flexibility index (Phi) is 5.71. The number of amides is 1. The number of benzene rings is 1. The van der Waals surface area contributed by atoms with Crippen molar-refractivity contribution in [1.82, 2.24) is 5.32 Å². The number of ether oxygens (including phenoxy) is 1. The summed E-state index contributed by atoms with van der Waals surface area (Å²) in [6.07, 6.45) is 7.11. The molecule has 1 aromatic rings. The third-order valence-corrected chi connectivity index (χ3v) is 4.42. The van der Waals surface area contributed by atoms with Crippen LogP contribution in [-0.2, 0) is 4.79 Å². The van der Waals surface area contributed by atoms with Crippen molar-refractivity contribution in [1.29, 1.82) is 0 Å². The van der Waals surface area contributed by atoms with Crippen LogP contribution in [0.3, 0.4) is 0 Å². The maximum atomic E-state index is 11.9. The zero-order valence-corrected chi connectivity index (χ0v) is 13.1. The Balaban J connectivity index is 1.81. The molecule has 1 amide bonds. The van der Waals surface area contributed by atoms with E-state index in [0.29, 0.717) is 22.0 Å². The first-order chi connectivity index (χ1) is 9.66. The van der Waals surface area contributed by atoms with Crippen molar-refractivity contribution in [3.63, 3.8) is 0 Å². The third-order valence-electron chi connectivity index (χ3n) is 3.57. The molecular weight excluding hydrogens is 320 g/mol. The quantitative estimate of drug-likeness (QED) is 0.653. The molecule has 0 spiro atoms. The summed E-state index contributed by atoms with van der Waals surface area (Å²) in [6.45, 7) is 0.0263. The molecule has 110 valence electrons. The molecule has 0 saturated heterocycles. The summed E-state index contributed by atoms with van der Waals surface area (Å²) in [5, 5.41) is 3.05. The van der Waals surface area contributed by atoms with Crippen molar-refractivity contribution >= 4 is 27.5 Å². The topological polar surface area (TPSA) is 64.3 Å². The van der Waals surface area contributed by atoms with Crippen LogP contribution in [0.5, 0.6) is 5.75 Å². The molecule has 1 fully saturated rings. The van der Waals surface area contributed by atoms with Crippen molar-refractivity contribution in [2.75, 3.05) is 12.3 Å². The summed E-state index contributed by atoms with van der Waals surface area (Å²) < 4.78 is 6.21. The highest BCUT2D eigenvalue weighted by molar-refractivity contribution is 9.10. The molecule has 5 heteroatoms. The van der Waals surface area contributed by atoms with Crippen LogP contribution in [0.2, 0.25) is 0 Å². The standard InChI is InChI=1S/C15H21BrN2O2/c16-15-12(17)8-5-9-13(15)20-10-14(19)18-11-6-3-1-2-4-7-11/h5,8-9,11H,1-4,6-7,10,17H2,(H,18,19). The molecule has 0 bridgehead atoms. The van der Waals surface area contributed by atoms with Crippen molar-refractivity contribution < 1.29 is 9.53 Å². The van der Waals surface area contributed by atoms with Crippen LogP contribution < -0.4 is 15.8 Å². The molecule has 0 aliphatic heterocycles. The molecule has 0 atom stereocenters.